The van der Waals surface area contributed by atoms with Gasteiger partial charge in [-0.2, -0.15) is 0 Å². The SMILES string of the molecule is NCC(c1ccc(Cl)cc1Cl)N1Cc2ccccc2C1. The molecular formula is C16H16Cl2N2. The fourth-order valence-corrected chi connectivity index (χ4v) is 3.36. The summed E-state index contributed by atoms with van der Waals surface area (Å²) in [5.41, 5.74) is 9.78. The smallest absolute Gasteiger partial charge is 0.0492 e. The van der Waals surface area contributed by atoms with Gasteiger partial charge in [-0.15, -0.1) is 0 Å². The molecule has 1 unspecified atom stereocenters. The van der Waals surface area contributed by atoms with Gasteiger partial charge in [-0.3, -0.25) is 4.90 Å². The van der Waals surface area contributed by atoms with Gasteiger partial charge in [0.05, 0.1) is 0 Å². The molecule has 0 fully saturated rings. The van der Waals surface area contributed by atoms with E-state index >= 15 is 0 Å². The Morgan fingerprint density at radius 3 is 2.25 bits per heavy atom. The van der Waals surface area contributed by atoms with E-state index in [0.29, 0.717) is 16.6 Å². The van der Waals surface area contributed by atoms with Crippen LogP contribution in [0.25, 0.3) is 0 Å². The number of hydrogen-bond donors (Lipinski definition) is 1. The van der Waals surface area contributed by atoms with Gasteiger partial charge in [0, 0.05) is 35.7 Å². The lowest BCUT2D eigenvalue weighted by Gasteiger charge is -2.27. The monoisotopic (exact) mass is 306 g/mol. The minimum absolute atomic E-state index is 0.118. The molecule has 2 aromatic carbocycles. The zero-order valence-electron chi connectivity index (χ0n) is 11.0. The molecule has 4 heteroatoms. The summed E-state index contributed by atoms with van der Waals surface area (Å²) in [7, 11) is 0. The summed E-state index contributed by atoms with van der Waals surface area (Å²) in [5.74, 6) is 0. The first-order valence-electron chi connectivity index (χ1n) is 6.65. The van der Waals surface area contributed by atoms with Crippen molar-refractivity contribution in [3.63, 3.8) is 0 Å². The number of rotatable bonds is 3. The third-order valence-corrected chi connectivity index (χ3v) is 4.41. The molecule has 0 saturated heterocycles. The summed E-state index contributed by atoms with van der Waals surface area (Å²) >= 11 is 12.3. The van der Waals surface area contributed by atoms with Gasteiger partial charge >= 0.3 is 0 Å². The molecule has 1 atom stereocenters. The summed E-state index contributed by atoms with van der Waals surface area (Å²) in [4.78, 5) is 2.36. The van der Waals surface area contributed by atoms with Crippen LogP contribution in [0.1, 0.15) is 22.7 Å². The molecule has 0 aliphatic carbocycles. The van der Waals surface area contributed by atoms with E-state index in [9.17, 15) is 0 Å². The quantitative estimate of drug-likeness (QED) is 0.928. The van der Waals surface area contributed by atoms with Crippen molar-refractivity contribution >= 4 is 23.2 Å². The molecule has 0 aromatic heterocycles. The highest BCUT2D eigenvalue weighted by molar-refractivity contribution is 6.35. The molecule has 0 bridgehead atoms. The Labute approximate surface area is 129 Å². The number of fused-ring (bicyclic) bond motifs is 1. The van der Waals surface area contributed by atoms with Gasteiger partial charge in [-0.1, -0.05) is 53.5 Å². The highest BCUT2D eigenvalue weighted by atomic mass is 35.5. The van der Waals surface area contributed by atoms with Gasteiger partial charge in [0.2, 0.25) is 0 Å². The molecule has 1 heterocycles. The Morgan fingerprint density at radius 1 is 1.05 bits per heavy atom. The van der Waals surface area contributed by atoms with Gasteiger partial charge in [0.25, 0.3) is 0 Å². The average Bonchev–Trinajstić information content (AvgIpc) is 2.85. The molecule has 104 valence electrons. The predicted molar refractivity (Wildman–Crippen MR) is 83.9 cm³/mol. The van der Waals surface area contributed by atoms with Crippen LogP contribution in [0.15, 0.2) is 42.5 Å². The van der Waals surface area contributed by atoms with Crippen molar-refractivity contribution in [2.24, 2.45) is 5.73 Å². The van der Waals surface area contributed by atoms with Gasteiger partial charge in [-0.25, -0.2) is 0 Å². The van der Waals surface area contributed by atoms with Crippen molar-refractivity contribution in [3.05, 3.63) is 69.2 Å². The number of halogens is 2. The zero-order chi connectivity index (χ0) is 14.1. The van der Waals surface area contributed by atoms with E-state index in [1.54, 1.807) is 6.07 Å². The minimum atomic E-state index is 0.118. The molecule has 2 nitrogen and oxygen atoms in total. The summed E-state index contributed by atoms with van der Waals surface area (Å²) in [5, 5.41) is 1.34. The largest absolute Gasteiger partial charge is 0.329 e. The molecule has 20 heavy (non-hydrogen) atoms. The molecule has 1 aliphatic heterocycles. The van der Waals surface area contributed by atoms with E-state index < -0.39 is 0 Å². The van der Waals surface area contributed by atoms with E-state index in [2.05, 4.69) is 29.2 Å². The normalized spacial score (nSPS) is 16.1. The maximum atomic E-state index is 6.33. The fraction of sp³-hybridized carbons (Fsp3) is 0.250. The number of benzene rings is 2. The molecule has 0 spiro atoms. The van der Waals surface area contributed by atoms with Crippen LogP contribution < -0.4 is 5.73 Å². The zero-order valence-corrected chi connectivity index (χ0v) is 12.5. The lowest BCUT2D eigenvalue weighted by molar-refractivity contribution is 0.205. The van der Waals surface area contributed by atoms with Crippen molar-refractivity contribution in [2.45, 2.75) is 19.1 Å². The number of hydrogen-bond acceptors (Lipinski definition) is 2. The van der Waals surface area contributed by atoms with Gasteiger partial charge in [0.15, 0.2) is 0 Å². The average molecular weight is 307 g/mol. The van der Waals surface area contributed by atoms with Crippen LogP contribution in [0.3, 0.4) is 0 Å². The standard InChI is InChI=1S/C16H16Cl2N2/c17-13-5-6-14(15(18)7-13)16(8-19)20-9-11-3-1-2-4-12(11)10-20/h1-7,16H,8-10,19H2. The highest BCUT2D eigenvalue weighted by Crippen LogP contribution is 2.34. The molecule has 0 amide bonds. The van der Waals surface area contributed by atoms with Crippen molar-refractivity contribution in [3.8, 4) is 0 Å². The molecule has 2 aromatic rings. The topological polar surface area (TPSA) is 29.3 Å². The van der Waals surface area contributed by atoms with Crippen LogP contribution in [0.4, 0.5) is 0 Å². The van der Waals surface area contributed by atoms with E-state index in [0.717, 1.165) is 18.7 Å². The molecule has 0 saturated carbocycles. The van der Waals surface area contributed by atoms with Crippen LogP contribution in [-0.4, -0.2) is 11.4 Å². The fourth-order valence-electron chi connectivity index (χ4n) is 2.82. The van der Waals surface area contributed by atoms with Crippen LogP contribution in [0, 0.1) is 0 Å². The Kier molecular flexibility index (Phi) is 3.99. The van der Waals surface area contributed by atoms with Crippen LogP contribution in [0.5, 0.6) is 0 Å². The maximum Gasteiger partial charge on any atom is 0.0492 e. The maximum absolute atomic E-state index is 6.33. The van der Waals surface area contributed by atoms with Crippen LogP contribution >= 0.6 is 23.2 Å². The molecule has 1 aliphatic rings. The van der Waals surface area contributed by atoms with Crippen LogP contribution in [0.2, 0.25) is 10.0 Å². The number of nitrogens with two attached hydrogens (primary N) is 1. The van der Waals surface area contributed by atoms with Gasteiger partial charge in [0.1, 0.15) is 0 Å². The first-order valence-corrected chi connectivity index (χ1v) is 7.40. The van der Waals surface area contributed by atoms with E-state index in [1.165, 1.54) is 11.1 Å². The van der Waals surface area contributed by atoms with E-state index in [-0.39, 0.29) is 6.04 Å². The molecular weight excluding hydrogens is 291 g/mol. The Bertz CT molecular complexity index is 603. The molecule has 3 rings (SSSR count). The summed E-state index contributed by atoms with van der Waals surface area (Å²) in [6.07, 6.45) is 0. The first-order chi connectivity index (χ1) is 9.69. The second-order valence-corrected chi connectivity index (χ2v) is 5.93. The lowest BCUT2D eigenvalue weighted by Crippen LogP contribution is -2.29. The van der Waals surface area contributed by atoms with Crippen LogP contribution in [-0.2, 0) is 13.1 Å². The highest BCUT2D eigenvalue weighted by Gasteiger charge is 2.27. The van der Waals surface area contributed by atoms with Gasteiger partial charge < -0.3 is 5.73 Å². The van der Waals surface area contributed by atoms with Crippen molar-refractivity contribution in [2.75, 3.05) is 6.54 Å². The lowest BCUT2D eigenvalue weighted by atomic mass is 10.1. The third kappa shape index (κ3) is 2.57. The summed E-state index contributed by atoms with van der Waals surface area (Å²) < 4.78 is 0. The predicted octanol–water partition coefficient (Wildman–Crippen LogP) is 4.01. The second-order valence-electron chi connectivity index (χ2n) is 5.09. The summed E-state index contributed by atoms with van der Waals surface area (Å²) in [6.45, 7) is 2.36. The minimum Gasteiger partial charge on any atom is -0.329 e. The van der Waals surface area contributed by atoms with Crippen molar-refractivity contribution in [1.82, 2.24) is 4.90 Å². The molecule has 0 radical (unpaired) electrons. The Morgan fingerprint density at radius 2 is 1.70 bits per heavy atom. The van der Waals surface area contributed by atoms with E-state index in [1.807, 2.05) is 12.1 Å². The molecule has 2 N–H and O–H groups in total. The first kappa shape index (κ1) is 13.9. The third-order valence-electron chi connectivity index (χ3n) is 3.85. The van der Waals surface area contributed by atoms with Gasteiger partial charge in [-0.05, 0) is 28.8 Å². The Hall–Kier alpha value is -1.06. The Balaban J connectivity index is 1.89. The summed E-state index contributed by atoms with van der Waals surface area (Å²) in [6, 6.07) is 14.2. The number of nitrogens with zero attached hydrogens (tertiary/aromatic N) is 1. The van der Waals surface area contributed by atoms with Crippen molar-refractivity contribution in [1.29, 1.82) is 0 Å². The van der Waals surface area contributed by atoms with E-state index in [4.69, 9.17) is 28.9 Å². The second kappa shape index (κ2) is 5.74. The van der Waals surface area contributed by atoms with Crippen molar-refractivity contribution < 1.29 is 0 Å².